The van der Waals surface area contributed by atoms with E-state index in [1.807, 2.05) is 100 Å². The van der Waals surface area contributed by atoms with E-state index in [0.29, 0.717) is 30.9 Å². The van der Waals surface area contributed by atoms with Crippen LogP contribution < -0.4 is 15.0 Å². The van der Waals surface area contributed by atoms with Crippen LogP contribution in [0.25, 0.3) is 11.1 Å². The topological polar surface area (TPSA) is 63.6 Å². The Hall–Kier alpha value is -5.10. The van der Waals surface area contributed by atoms with E-state index >= 15 is 0 Å². The number of aromatic nitrogens is 1. The Morgan fingerprint density at radius 3 is 2.30 bits per heavy atom. The molecule has 6 rings (SSSR count). The average Bonchev–Trinajstić information content (AvgIpc) is 3.34. The van der Waals surface area contributed by atoms with Crippen molar-refractivity contribution in [1.82, 2.24) is 9.88 Å². The number of carbonyl (C=O) groups excluding carboxylic acids is 2. The Kier molecular flexibility index (Phi) is 7.84. The first-order valence-corrected chi connectivity index (χ1v) is 14.6. The van der Waals surface area contributed by atoms with Crippen molar-refractivity contribution in [2.75, 3.05) is 18.6 Å². The van der Waals surface area contributed by atoms with Crippen LogP contribution in [0.4, 0.5) is 5.69 Å². The molecule has 2 heterocycles. The summed E-state index contributed by atoms with van der Waals surface area (Å²) in [6.07, 6.45) is 0.719. The first-order chi connectivity index (χ1) is 20.9. The van der Waals surface area contributed by atoms with Gasteiger partial charge in [-0.2, -0.15) is 0 Å². The summed E-state index contributed by atoms with van der Waals surface area (Å²) in [5.74, 6) is 0.623. The lowest BCUT2D eigenvalue weighted by Gasteiger charge is -2.23. The average molecular weight is 570 g/mol. The third-order valence-electron chi connectivity index (χ3n) is 8.25. The summed E-state index contributed by atoms with van der Waals surface area (Å²) in [5.41, 5.74) is 9.68. The van der Waals surface area contributed by atoms with Crippen molar-refractivity contribution in [3.63, 3.8) is 0 Å². The second-order valence-corrected chi connectivity index (χ2v) is 11.0. The van der Waals surface area contributed by atoms with Crippen molar-refractivity contribution >= 4 is 17.5 Å². The number of ether oxygens (including phenoxy) is 1. The van der Waals surface area contributed by atoms with E-state index < -0.39 is 0 Å². The molecule has 0 atom stereocenters. The number of anilines is 1. The molecule has 0 saturated carbocycles. The molecule has 1 aromatic heterocycles. The van der Waals surface area contributed by atoms with E-state index in [9.17, 15) is 9.59 Å². The fourth-order valence-electron chi connectivity index (χ4n) is 5.87. The van der Waals surface area contributed by atoms with Gasteiger partial charge >= 0.3 is 0 Å². The summed E-state index contributed by atoms with van der Waals surface area (Å²) >= 11 is 0. The van der Waals surface area contributed by atoms with Crippen LogP contribution in [0.1, 0.15) is 48.8 Å². The fourth-order valence-corrected chi connectivity index (χ4v) is 5.87. The molecule has 2 amide bonds. The molecular weight excluding hydrogens is 534 g/mol. The predicted octanol–water partition coefficient (Wildman–Crippen LogP) is 6.96. The van der Waals surface area contributed by atoms with Crippen LogP contribution in [0.3, 0.4) is 0 Å². The predicted molar refractivity (Wildman–Crippen MR) is 171 cm³/mol. The number of carbonyl (C=O) groups is 2. The quantitative estimate of drug-likeness (QED) is 0.230. The number of nitrogens with one attached hydrogen (secondary N) is 1. The molecule has 6 heteroatoms. The van der Waals surface area contributed by atoms with Gasteiger partial charge in [0.1, 0.15) is 11.4 Å². The maximum Gasteiger partial charge on any atom is 0.267 e. The van der Waals surface area contributed by atoms with Crippen molar-refractivity contribution in [2.45, 2.75) is 33.4 Å². The Balaban J connectivity index is 1.23. The van der Waals surface area contributed by atoms with Gasteiger partial charge in [0.25, 0.3) is 11.8 Å². The highest BCUT2D eigenvalue weighted by molar-refractivity contribution is 6.07. The lowest BCUT2D eigenvalue weighted by atomic mass is 9.95. The van der Waals surface area contributed by atoms with Gasteiger partial charge in [0, 0.05) is 23.5 Å². The number of hydrogen-bond donors (Lipinski definition) is 1. The van der Waals surface area contributed by atoms with Gasteiger partial charge in [-0.3, -0.25) is 9.59 Å². The van der Waals surface area contributed by atoms with Crippen LogP contribution >= 0.6 is 0 Å². The van der Waals surface area contributed by atoms with Gasteiger partial charge in [-0.25, -0.2) is 0 Å². The third-order valence-corrected chi connectivity index (χ3v) is 8.25. The molecule has 0 saturated heterocycles. The van der Waals surface area contributed by atoms with E-state index in [1.165, 1.54) is 11.1 Å². The molecular formula is C37H35N3O3. The Morgan fingerprint density at radius 1 is 0.791 bits per heavy atom. The van der Waals surface area contributed by atoms with Gasteiger partial charge < -0.3 is 19.5 Å². The van der Waals surface area contributed by atoms with Crippen LogP contribution in [0.2, 0.25) is 0 Å². The molecule has 0 aliphatic carbocycles. The monoisotopic (exact) mass is 569 g/mol. The molecule has 0 fully saturated rings. The Bertz CT molecular complexity index is 1800. The maximum atomic E-state index is 14.1. The van der Waals surface area contributed by atoms with Crippen molar-refractivity contribution in [3.05, 3.63) is 142 Å². The number of fused-ring (bicyclic) bond motifs is 2. The first-order valence-electron chi connectivity index (χ1n) is 14.6. The number of benzene rings is 4. The second-order valence-electron chi connectivity index (χ2n) is 11.0. The molecule has 0 radical (unpaired) electrons. The Labute approximate surface area is 252 Å². The fraction of sp³-hybridized carbons (Fsp3) is 0.189. The number of rotatable bonds is 7. The third kappa shape index (κ3) is 5.69. The van der Waals surface area contributed by atoms with Crippen LogP contribution in [0.5, 0.6) is 5.75 Å². The van der Waals surface area contributed by atoms with Crippen LogP contribution in [0.15, 0.2) is 103 Å². The number of hydrogen-bond acceptors (Lipinski definition) is 3. The minimum absolute atomic E-state index is 0.0629. The largest absolute Gasteiger partial charge is 0.497 e. The minimum atomic E-state index is -0.126. The minimum Gasteiger partial charge on any atom is -0.497 e. The maximum absolute atomic E-state index is 14.1. The van der Waals surface area contributed by atoms with Gasteiger partial charge in [0.05, 0.1) is 20.2 Å². The van der Waals surface area contributed by atoms with Crippen molar-refractivity contribution in [2.24, 2.45) is 0 Å². The number of nitrogens with zero attached hydrogens (tertiary/aromatic N) is 2. The van der Waals surface area contributed by atoms with E-state index in [-0.39, 0.29) is 11.8 Å². The van der Waals surface area contributed by atoms with Crippen molar-refractivity contribution in [3.8, 4) is 16.9 Å². The molecule has 5 aromatic rings. The van der Waals surface area contributed by atoms with Gasteiger partial charge in [-0.1, -0.05) is 60.7 Å². The SMILES string of the molecule is COc1ccc(CCNC(=O)c2ccc3n2Cc2ccccc2N(C(=O)c2ccc(-c4ccccc4C)c(C)c2)C3)cc1. The summed E-state index contributed by atoms with van der Waals surface area (Å²) in [4.78, 5) is 29.2. The molecule has 43 heavy (non-hydrogen) atoms. The zero-order chi connectivity index (χ0) is 29.9. The number of aryl methyl sites for hydroxylation is 2. The summed E-state index contributed by atoms with van der Waals surface area (Å²) in [7, 11) is 1.65. The zero-order valence-electron chi connectivity index (χ0n) is 24.8. The normalized spacial score (nSPS) is 12.2. The molecule has 0 unspecified atom stereocenters. The molecule has 1 aliphatic rings. The van der Waals surface area contributed by atoms with Crippen molar-refractivity contribution in [1.29, 1.82) is 0 Å². The summed E-state index contributed by atoms with van der Waals surface area (Å²) < 4.78 is 7.26. The van der Waals surface area contributed by atoms with Gasteiger partial charge in [0.2, 0.25) is 0 Å². The summed E-state index contributed by atoms with van der Waals surface area (Å²) in [6.45, 7) is 5.55. The molecule has 1 N–H and O–H groups in total. The number of methoxy groups -OCH3 is 1. The standard InChI is InChI=1S/C37H35N3O3/c1-25-8-4-6-10-32(25)33-18-14-28(22-26(33)2)37(42)40-24-30-15-19-35(39(30)23-29-9-5-7-11-34(29)40)36(41)38-21-20-27-12-16-31(43-3)17-13-27/h4-19,22H,20-21,23-24H2,1-3H3,(H,38,41). The lowest BCUT2D eigenvalue weighted by Crippen LogP contribution is -2.31. The second kappa shape index (κ2) is 12.0. The van der Waals surface area contributed by atoms with Gasteiger partial charge in [0.15, 0.2) is 0 Å². The van der Waals surface area contributed by atoms with E-state index in [0.717, 1.165) is 45.8 Å². The van der Waals surface area contributed by atoms with Crippen molar-refractivity contribution < 1.29 is 14.3 Å². The highest BCUT2D eigenvalue weighted by atomic mass is 16.5. The van der Waals surface area contributed by atoms with Crippen LogP contribution in [-0.2, 0) is 19.5 Å². The zero-order valence-corrected chi connectivity index (χ0v) is 24.8. The van der Waals surface area contributed by atoms with Gasteiger partial charge in [-0.05, 0) is 96.1 Å². The van der Waals surface area contributed by atoms with Gasteiger partial charge in [-0.15, -0.1) is 0 Å². The Morgan fingerprint density at radius 2 is 1.53 bits per heavy atom. The molecule has 0 spiro atoms. The van der Waals surface area contributed by atoms with E-state index in [2.05, 4.69) is 31.3 Å². The molecule has 0 bridgehead atoms. The summed E-state index contributed by atoms with van der Waals surface area (Å²) in [5, 5.41) is 3.07. The highest BCUT2D eigenvalue weighted by Gasteiger charge is 2.27. The van der Waals surface area contributed by atoms with Crippen LogP contribution in [-0.4, -0.2) is 30.0 Å². The molecule has 4 aromatic carbocycles. The highest BCUT2D eigenvalue weighted by Crippen LogP contribution is 2.32. The first kappa shape index (κ1) is 28.0. The number of para-hydroxylation sites is 1. The van der Waals surface area contributed by atoms with Crippen LogP contribution in [0, 0.1) is 13.8 Å². The summed E-state index contributed by atoms with van der Waals surface area (Å²) in [6, 6.07) is 33.9. The lowest BCUT2D eigenvalue weighted by molar-refractivity contribution is 0.0944. The molecule has 216 valence electrons. The molecule has 1 aliphatic heterocycles. The van der Waals surface area contributed by atoms with E-state index in [1.54, 1.807) is 7.11 Å². The molecule has 6 nitrogen and oxygen atoms in total. The van der Waals surface area contributed by atoms with E-state index in [4.69, 9.17) is 4.74 Å². The smallest absolute Gasteiger partial charge is 0.267 e. The number of amides is 2.